The molecule has 0 fully saturated rings. The number of hydrogen-bond donors (Lipinski definition) is 1. The maximum absolute atomic E-state index is 12.8. The zero-order chi connectivity index (χ0) is 17.4. The van der Waals surface area contributed by atoms with Crippen LogP contribution in [0, 0.1) is 5.82 Å². The molecule has 0 radical (unpaired) electrons. The summed E-state index contributed by atoms with van der Waals surface area (Å²) in [6.07, 6.45) is 6.49. The summed E-state index contributed by atoms with van der Waals surface area (Å²) in [5.74, 6) is -0.271. The zero-order valence-electron chi connectivity index (χ0n) is 14.1. The van der Waals surface area contributed by atoms with Crippen LogP contribution in [0.4, 0.5) is 4.39 Å². The quantitative estimate of drug-likeness (QED) is 0.802. The predicted molar refractivity (Wildman–Crippen MR) is 90.9 cm³/mol. The number of amides is 1. The van der Waals surface area contributed by atoms with Crippen LogP contribution in [0.25, 0.3) is 0 Å². The van der Waals surface area contributed by atoms with E-state index in [9.17, 15) is 9.18 Å². The van der Waals surface area contributed by atoms with Crippen LogP contribution in [0.1, 0.15) is 18.2 Å². The molecule has 0 unspecified atom stereocenters. The molecule has 2 rings (SSSR count). The van der Waals surface area contributed by atoms with Crippen molar-refractivity contribution in [3.8, 4) is 0 Å². The topological polar surface area (TPSA) is 58.1 Å². The van der Waals surface area contributed by atoms with Gasteiger partial charge in [0.25, 0.3) is 0 Å². The Kier molecular flexibility index (Phi) is 6.81. The number of nitrogens with zero attached hydrogens (tertiary/aromatic N) is 3. The van der Waals surface area contributed by atoms with E-state index in [1.165, 1.54) is 12.1 Å². The highest BCUT2D eigenvalue weighted by atomic mass is 19.1. The first-order valence-corrected chi connectivity index (χ1v) is 8.01. The molecule has 0 bridgehead atoms. The summed E-state index contributed by atoms with van der Waals surface area (Å²) in [6.45, 7) is 2.92. The van der Waals surface area contributed by atoms with Crippen LogP contribution in [0.2, 0.25) is 0 Å². The van der Waals surface area contributed by atoms with Gasteiger partial charge in [-0.1, -0.05) is 12.1 Å². The summed E-state index contributed by atoms with van der Waals surface area (Å²) in [7, 11) is 1.92. The number of carbonyl (C=O) groups excluding carboxylic acids is 1. The molecular formula is C18H23FN4O. The van der Waals surface area contributed by atoms with Crippen LogP contribution in [-0.2, 0) is 17.6 Å². The van der Waals surface area contributed by atoms with Crippen molar-refractivity contribution >= 4 is 5.91 Å². The first kappa shape index (κ1) is 18.0. The number of carbonyl (C=O) groups is 1. The fraction of sp³-hybridized carbons (Fsp3) is 0.389. The van der Waals surface area contributed by atoms with Gasteiger partial charge in [-0.3, -0.25) is 19.7 Å². The van der Waals surface area contributed by atoms with Gasteiger partial charge < -0.3 is 5.32 Å². The third-order valence-electron chi connectivity index (χ3n) is 3.92. The molecule has 0 saturated carbocycles. The van der Waals surface area contributed by atoms with Crippen LogP contribution in [0.5, 0.6) is 0 Å². The van der Waals surface area contributed by atoms with Gasteiger partial charge in [0.05, 0.1) is 12.2 Å². The molecule has 1 atom stereocenters. The summed E-state index contributed by atoms with van der Waals surface area (Å²) < 4.78 is 12.8. The number of rotatable bonds is 8. The predicted octanol–water partition coefficient (Wildman–Crippen LogP) is 1.84. The number of benzene rings is 1. The molecule has 0 saturated heterocycles. The van der Waals surface area contributed by atoms with Crippen molar-refractivity contribution in [1.29, 1.82) is 0 Å². The van der Waals surface area contributed by atoms with E-state index in [-0.39, 0.29) is 17.8 Å². The zero-order valence-corrected chi connectivity index (χ0v) is 14.1. The number of halogens is 1. The Morgan fingerprint density at radius 1 is 1.29 bits per heavy atom. The van der Waals surface area contributed by atoms with Crippen molar-refractivity contribution in [1.82, 2.24) is 20.2 Å². The molecule has 0 aliphatic carbocycles. The lowest BCUT2D eigenvalue weighted by atomic mass is 10.1. The van der Waals surface area contributed by atoms with Gasteiger partial charge in [-0.05, 0) is 38.1 Å². The van der Waals surface area contributed by atoms with E-state index < -0.39 is 0 Å². The van der Waals surface area contributed by atoms with Gasteiger partial charge in [0.2, 0.25) is 5.91 Å². The van der Waals surface area contributed by atoms with Gasteiger partial charge in [-0.25, -0.2) is 4.39 Å². The van der Waals surface area contributed by atoms with Gasteiger partial charge in [-0.15, -0.1) is 0 Å². The van der Waals surface area contributed by atoms with E-state index in [2.05, 4.69) is 22.2 Å². The fourth-order valence-corrected chi connectivity index (χ4v) is 2.33. The van der Waals surface area contributed by atoms with Gasteiger partial charge >= 0.3 is 0 Å². The van der Waals surface area contributed by atoms with Gasteiger partial charge in [0, 0.05) is 37.6 Å². The minimum atomic E-state index is -0.249. The second-order valence-corrected chi connectivity index (χ2v) is 5.89. The molecule has 0 aliphatic heterocycles. The smallest absolute Gasteiger partial charge is 0.234 e. The minimum absolute atomic E-state index is 0.0226. The summed E-state index contributed by atoms with van der Waals surface area (Å²) in [4.78, 5) is 22.3. The van der Waals surface area contributed by atoms with Crippen LogP contribution in [0.15, 0.2) is 42.9 Å². The molecule has 5 nitrogen and oxygen atoms in total. The van der Waals surface area contributed by atoms with Gasteiger partial charge in [0.1, 0.15) is 5.82 Å². The maximum atomic E-state index is 12.8. The molecule has 1 heterocycles. The van der Waals surface area contributed by atoms with Crippen molar-refractivity contribution in [2.24, 2.45) is 0 Å². The Morgan fingerprint density at radius 3 is 2.71 bits per heavy atom. The van der Waals surface area contributed by atoms with Gasteiger partial charge in [-0.2, -0.15) is 0 Å². The van der Waals surface area contributed by atoms with E-state index in [4.69, 9.17) is 0 Å². The third-order valence-corrected chi connectivity index (χ3v) is 3.92. The van der Waals surface area contributed by atoms with Gasteiger partial charge in [0.15, 0.2) is 0 Å². The van der Waals surface area contributed by atoms with Crippen LogP contribution in [-0.4, -0.2) is 47.0 Å². The minimum Gasteiger partial charge on any atom is -0.355 e. The Labute approximate surface area is 141 Å². The molecule has 1 aromatic carbocycles. The number of aromatic nitrogens is 2. The van der Waals surface area contributed by atoms with Crippen molar-refractivity contribution < 1.29 is 9.18 Å². The summed E-state index contributed by atoms with van der Waals surface area (Å²) in [6, 6.07) is 6.51. The monoisotopic (exact) mass is 330 g/mol. The highest BCUT2D eigenvalue weighted by Crippen LogP contribution is 2.04. The fourth-order valence-electron chi connectivity index (χ4n) is 2.33. The number of hydrogen-bond acceptors (Lipinski definition) is 4. The Balaban J connectivity index is 1.70. The largest absolute Gasteiger partial charge is 0.355 e. The van der Waals surface area contributed by atoms with E-state index >= 15 is 0 Å². The lowest BCUT2D eigenvalue weighted by Gasteiger charge is -2.23. The number of likely N-dealkylation sites (N-methyl/N-ethyl adjacent to an activating group) is 1. The molecule has 0 aliphatic rings. The van der Waals surface area contributed by atoms with Crippen molar-refractivity contribution in [3.63, 3.8) is 0 Å². The normalized spacial score (nSPS) is 12.2. The third kappa shape index (κ3) is 6.04. The molecule has 128 valence electrons. The summed E-state index contributed by atoms with van der Waals surface area (Å²) in [5, 5.41) is 2.89. The summed E-state index contributed by atoms with van der Waals surface area (Å²) >= 11 is 0. The highest BCUT2D eigenvalue weighted by molar-refractivity contribution is 5.78. The SMILES string of the molecule is C[C@@H](Cc1cnccn1)N(C)CC(=O)NCCc1ccc(F)cc1. The lowest BCUT2D eigenvalue weighted by Crippen LogP contribution is -2.40. The molecule has 1 amide bonds. The van der Waals surface area contributed by atoms with Crippen molar-refractivity contribution in [2.45, 2.75) is 25.8 Å². The average Bonchev–Trinajstić information content (AvgIpc) is 2.57. The average molecular weight is 330 g/mol. The molecule has 0 spiro atoms. The lowest BCUT2D eigenvalue weighted by molar-refractivity contribution is -0.122. The van der Waals surface area contributed by atoms with E-state index in [1.807, 2.05) is 11.9 Å². The highest BCUT2D eigenvalue weighted by Gasteiger charge is 2.14. The first-order chi connectivity index (χ1) is 11.5. The van der Waals surface area contributed by atoms with Crippen molar-refractivity contribution in [3.05, 3.63) is 59.9 Å². The summed E-state index contributed by atoms with van der Waals surface area (Å²) in [5.41, 5.74) is 1.91. The second-order valence-electron chi connectivity index (χ2n) is 5.89. The first-order valence-electron chi connectivity index (χ1n) is 8.01. The molecule has 2 aromatic rings. The standard InChI is InChI=1S/C18H23FN4O/c1-14(11-17-12-20-9-10-21-17)23(2)13-18(24)22-8-7-15-3-5-16(19)6-4-15/h3-6,9-10,12,14H,7-8,11,13H2,1-2H3,(H,22,24)/t14-/m0/s1. The Bertz CT molecular complexity index is 633. The maximum Gasteiger partial charge on any atom is 0.234 e. The Morgan fingerprint density at radius 2 is 2.04 bits per heavy atom. The van der Waals surface area contributed by atoms with Crippen LogP contribution >= 0.6 is 0 Å². The second kappa shape index (κ2) is 9.08. The van der Waals surface area contributed by atoms with E-state index in [0.717, 1.165) is 17.7 Å². The van der Waals surface area contributed by atoms with E-state index in [0.29, 0.717) is 19.5 Å². The van der Waals surface area contributed by atoms with Crippen molar-refractivity contribution in [2.75, 3.05) is 20.1 Å². The van der Waals surface area contributed by atoms with Crippen LogP contribution in [0.3, 0.4) is 0 Å². The molecular weight excluding hydrogens is 307 g/mol. The van der Waals surface area contributed by atoms with Crippen LogP contribution < -0.4 is 5.32 Å². The Hall–Kier alpha value is -2.34. The number of nitrogens with one attached hydrogen (secondary N) is 1. The molecule has 6 heteroatoms. The molecule has 1 aromatic heterocycles. The molecule has 1 N–H and O–H groups in total. The molecule has 24 heavy (non-hydrogen) atoms. The van der Waals surface area contributed by atoms with E-state index in [1.54, 1.807) is 30.7 Å².